The molecule has 0 amide bonds. The number of fused-ring (bicyclic) bond motifs is 9. The van der Waals surface area contributed by atoms with Crippen molar-refractivity contribution >= 4 is 43.5 Å². The summed E-state index contributed by atoms with van der Waals surface area (Å²) in [5.41, 5.74) is 10.8. The molecule has 1 heteroatoms. The van der Waals surface area contributed by atoms with Gasteiger partial charge in [0.15, 0.2) is 0 Å². The Morgan fingerprint density at radius 1 is 0.512 bits per heavy atom. The summed E-state index contributed by atoms with van der Waals surface area (Å²) in [5, 5.41) is 7.71. The van der Waals surface area contributed by atoms with Crippen LogP contribution in [0.25, 0.3) is 65.7 Å². The van der Waals surface area contributed by atoms with Gasteiger partial charge in [-0.05, 0) is 129 Å². The predicted octanol–water partition coefficient (Wildman–Crippen LogP) is 11.3. The maximum atomic E-state index is 6.71. The van der Waals surface area contributed by atoms with E-state index in [1.54, 1.807) is 11.1 Å². The molecule has 0 unspecified atom stereocenters. The number of benzene rings is 6. The predicted molar refractivity (Wildman–Crippen MR) is 177 cm³/mol. The minimum atomic E-state index is 0.135. The van der Waals surface area contributed by atoms with E-state index in [1.807, 2.05) is 0 Å². The third kappa shape index (κ3) is 2.84. The Balaban J connectivity index is 1.18. The molecule has 4 saturated carbocycles. The van der Waals surface area contributed by atoms with E-state index in [0.717, 1.165) is 34.8 Å². The van der Waals surface area contributed by atoms with Crippen LogP contribution in [0.4, 0.5) is 0 Å². The monoisotopic (exact) mass is 552 g/mol. The molecule has 206 valence electrons. The lowest BCUT2D eigenvalue weighted by Crippen LogP contribution is -2.55. The van der Waals surface area contributed by atoms with Crippen LogP contribution in [0.3, 0.4) is 0 Å². The van der Waals surface area contributed by atoms with Crippen LogP contribution in [0.1, 0.15) is 43.2 Å². The van der Waals surface area contributed by atoms with Crippen molar-refractivity contribution in [2.45, 2.75) is 37.5 Å². The molecule has 5 aliphatic carbocycles. The first kappa shape index (κ1) is 23.1. The number of hydrogen-bond acceptors (Lipinski definition) is 1. The lowest BCUT2D eigenvalue weighted by atomic mass is 9.43. The molecule has 4 fully saturated rings. The molecular weight excluding hydrogens is 520 g/mol. The largest absolute Gasteiger partial charge is 0.455 e. The Bertz CT molecular complexity index is 2290. The first-order chi connectivity index (χ1) is 21.3. The van der Waals surface area contributed by atoms with Gasteiger partial charge in [0.05, 0.1) is 0 Å². The fraction of sp³-hybridized carbons (Fsp3) is 0.238. The van der Waals surface area contributed by atoms with Gasteiger partial charge in [-0.25, -0.2) is 0 Å². The SMILES string of the molecule is c1ccc2cc3c(cc2c1)-c1ccc(-c2cccc4c2oc2ccc5ccccc5c24)cc1C31C2CC3CC(C2)CC1C3. The van der Waals surface area contributed by atoms with E-state index in [2.05, 4.69) is 109 Å². The molecule has 12 rings (SSSR count). The summed E-state index contributed by atoms with van der Waals surface area (Å²) < 4.78 is 6.71. The quantitative estimate of drug-likeness (QED) is 0.197. The Kier molecular flexibility index (Phi) is 4.29. The van der Waals surface area contributed by atoms with E-state index in [-0.39, 0.29) is 5.41 Å². The molecule has 0 saturated heterocycles. The first-order valence-electron chi connectivity index (χ1n) is 16.3. The highest BCUT2D eigenvalue weighted by atomic mass is 16.3. The molecule has 1 heterocycles. The van der Waals surface area contributed by atoms with Gasteiger partial charge < -0.3 is 4.42 Å². The molecule has 7 aromatic rings. The Morgan fingerprint density at radius 2 is 1.21 bits per heavy atom. The molecule has 1 aromatic heterocycles. The van der Waals surface area contributed by atoms with Crippen molar-refractivity contribution in [2.75, 3.05) is 0 Å². The van der Waals surface area contributed by atoms with Gasteiger partial charge in [0.25, 0.3) is 0 Å². The van der Waals surface area contributed by atoms with Gasteiger partial charge in [-0.3, -0.25) is 0 Å². The molecule has 0 atom stereocenters. The van der Waals surface area contributed by atoms with Crippen molar-refractivity contribution in [1.29, 1.82) is 0 Å². The second-order valence-electron chi connectivity index (χ2n) is 14.1. The summed E-state index contributed by atoms with van der Waals surface area (Å²) in [6.45, 7) is 0. The van der Waals surface area contributed by atoms with Crippen LogP contribution in [-0.2, 0) is 5.41 Å². The highest BCUT2D eigenvalue weighted by molar-refractivity contribution is 6.20. The first-order valence-corrected chi connectivity index (χ1v) is 16.3. The summed E-state index contributed by atoms with van der Waals surface area (Å²) in [6, 6.07) is 41.3. The zero-order valence-corrected chi connectivity index (χ0v) is 24.1. The second-order valence-corrected chi connectivity index (χ2v) is 14.1. The van der Waals surface area contributed by atoms with Gasteiger partial charge in [0.2, 0.25) is 0 Å². The Labute approximate surface area is 251 Å². The maximum Gasteiger partial charge on any atom is 0.143 e. The van der Waals surface area contributed by atoms with Gasteiger partial charge >= 0.3 is 0 Å². The molecule has 0 N–H and O–H groups in total. The molecule has 1 nitrogen and oxygen atoms in total. The summed E-state index contributed by atoms with van der Waals surface area (Å²) in [7, 11) is 0. The molecule has 4 bridgehead atoms. The molecule has 0 aliphatic heterocycles. The summed E-state index contributed by atoms with van der Waals surface area (Å²) >= 11 is 0. The van der Waals surface area contributed by atoms with Crippen molar-refractivity contribution in [3.63, 3.8) is 0 Å². The summed E-state index contributed by atoms with van der Waals surface area (Å²) in [6.07, 6.45) is 7.07. The van der Waals surface area contributed by atoms with E-state index in [9.17, 15) is 0 Å². The lowest BCUT2D eigenvalue weighted by molar-refractivity contribution is -0.0398. The van der Waals surface area contributed by atoms with Gasteiger partial charge in [-0.1, -0.05) is 84.9 Å². The topological polar surface area (TPSA) is 13.1 Å². The van der Waals surface area contributed by atoms with Crippen LogP contribution in [0.2, 0.25) is 0 Å². The summed E-state index contributed by atoms with van der Waals surface area (Å²) in [5.74, 6) is 3.36. The Hall–Kier alpha value is -4.36. The Morgan fingerprint density at radius 3 is 2.02 bits per heavy atom. The maximum absolute atomic E-state index is 6.71. The van der Waals surface area contributed by atoms with Crippen LogP contribution in [0.5, 0.6) is 0 Å². The van der Waals surface area contributed by atoms with Crippen molar-refractivity contribution in [3.8, 4) is 22.3 Å². The third-order valence-electron chi connectivity index (χ3n) is 12.2. The molecule has 43 heavy (non-hydrogen) atoms. The van der Waals surface area contributed by atoms with E-state index < -0.39 is 0 Å². The van der Waals surface area contributed by atoms with Gasteiger partial charge in [0, 0.05) is 21.8 Å². The van der Waals surface area contributed by atoms with Gasteiger partial charge in [-0.15, -0.1) is 0 Å². The van der Waals surface area contributed by atoms with Crippen molar-refractivity contribution in [3.05, 3.63) is 120 Å². The van der Waals surface area contributed by atoms with Crippen LogP contribution in [0.15, 0.2) is 114 Å². The normalized spacial score (nSPS) is 26.7. The van der Waals surface area contributed by atoms with Crippen LogP contribution >= 0.6 is 0 Å². The molecule has 0 radical (unpaired) electrons. The second kappa shape index (κ2) is 7.97. The highest BCUT2D eigenvalue weighted by Gasteiger charge is 2.61. The average molecular weight is 553 g/mol. The molecular formula is C42H32O. The molecule has 5 aliphatic rings. The van der Waals surface area contributed by atoms with Gasteiger partial charge in [-0.2, -0.15) is 0 Å². The average Bonchev–Trinajstić information content (AvgIpc) is 3.56. The van der Waals surface area contributed by atoms with E-state index >= 15 is 0 Å². The van der Waals surface area contributed by atoms with Crippen molar-refractivity contribution in [2.24, 2.45) is 23.7 Å². The fourth-order valence-corrected chi connectivity index (χ4v) is 10.8. The highest BCUT2D eigenvalue weighted by Crippen LogP contribution is 2.69. The minimum absolute atomic E-state index is 0.135. The van der Waals surface area contributed by atoms with Crippen LogP contribution < -0.4 is 0 Å². The van der Waals surface area contributed by atoms with Gasteiger partial charge in [0.1, 0.15) is 11.2 Å². The summed E-state index contributed by atoms with van der Waals surface area (Å²) in [4.78, 5) is 0. The smallest absolute Gasteiger partial charge is 0.143 e. The zero-order chi connectivity index (χ0) is 27.9. The standard InChI is InChI=1S/C42H32O/c1-2-8-28-22-38-36(21-27(28)7-1)34-14-12-29(23-37(34)42(38)30-17-24-16-25(19-30)20-31(42)18-24)33-10-5-11-35-40-32-9-4-3-6-26(32)13-15-39(40)43-41(33)35/h1-15,21-25,30-31H,16-20H2. The number of hydrogen-bond donors (Lipinski definition) is 0. The number of para-hydroxylation sites is 1. The van der Waals surface area contributed by atoms with E-state index in [0.29, 0.717) is 0 Å². The van der Waals surface area contributed by atoms with Crippen molar-refractivity contribution < 1.29 is 4.42 Å². The number of furan rings is 1. The third-order valence-corrected chi connectivity index (χ3v) is 12.2. The van der Waals surface area contributed by atoms with Crippen LogP contribution in [0, 0.1) is 23.7 Å². The zero-order valence-electron chi connectivity index (χ0n) is 24.1. The fourth-order valence-electron chi connectivity index (χ4n) is 10.8. The lowest BCUT2D eigenvalue weighted by Gasteiger charge is -2.61. The molecule has 6 aromatic carbocycles. The number of rotatable bonds is 1. The van der Waals surface area contributed by atoms with Crippen LogP contribution in [-0.4, -0.2) is 0 Å². The van der Waals surface area contributed by atoms with E-state index in [4.69, 9.17) is 4.42 Å². The van der Waals surface area contributed by atoms with Crippen molar-refractivity contribution in [1.82, 2.24) is 0 Å². The molecule has 1 spiro atoms. The van der Waals surface area contributed by atoms with E-state index in [1.165, 1.54) is 86.7 Å². The minimum Gasteiger partial charge on any atom is -0.455 e.